The monoisotopic (exact) mass is 299 g/mol. The summed E-state index contributed by atoms with van der Waals surface area (Å²) in [6.45, 7) is 5.01. The van der Waals surface area contributed by atoms with Crippen molar-refractivity contribution in [1.82, 2.24) is 10.2 Å². The molecule has 0 aromatic rings. The number of carbonyl (C=O) groups excluding carboxylic acids is 1. The van der Waals surface area contributed by atoms with Crippen LogP contribution in [0.2, 0.25) is 0 Å². The zero-order valence-electron chi connectivity index (χ0n) is 13.8. The van der Waals surface area contributed by atoms with E-state index in [2.05, 4.69) is 10.2 Å². The number of nitrogens with one attached hydrogen (secondary N) is 1. The van der Waals surface area contributed by atoms with Crippen LogP contribution in [0.4, 0.5) is 0 Å². The van der Waals surface area contributed by atoms with Crippen molar-refractivity contribution in [3.8, 4) is 0 Å². The molecule has 5 heteroatoms. The highest BCUT2D eigenvalue weighted by Gasteiger charge is 2.28. The summed E-state index contributed by atoms with van der Waals surface area (Å²) < 4.78 is 5.00. The van der Waals surface area contributed by atoms with Gasteiger partial charge in [-0.25, -0.2) is 0 Å². The number of amides is 1. The molecule has 1 amide bonds. The smallest absolute Gasteiger partial charge is 0.237 e. The largest absolute Gasteiger partial charge is 0.385 e. The van der Waals surface area contributed by atoms with Gasteiger partial charge < -0.3 is 15.8 Å². The molecule has 1 aliphatic carbocycles. The second-order valence-corrected chi connectivity index (χ2v) is 5.99. The Hall–Kier alpha value is -0.650. The quantitative estimate of drug-likeness (QED) is 0.600. The van der Waals surface area contributed by atoms with Crippen LogP contribution in [0, 0.1) is 0 Å². The van der Waals surface area contributed by atoms with E-state index >= 15 is 0 Å². The molecule has 1 rings (SSSR count). The van der Waals surface area contributed by atoms with Crippen molar-refractivity contribution < 1.29 is 9.53 Å². The third kappa shape index (κ3) is 6.76. The van der Waals surface area contributed by atoms with Crippen LogP contribution in [0.3, 0.4) is 0 Å². The van der Waals surface area contributed by atoms with E-state index in [1.165, 1.54) is 32.1 Å². The van der Waals surface area contributed by atoms with E-state index in [1.54, 1.807) is 7.11 Å². The van der Waals surface area contributed by atoms with E-state index in [4.69, 9.17) is 10.5 Å². The van der Waals surface area contributed by atoms with Crippen LogP contribution in [-0.4, -0.2) is 56.2 Å². The van der Waals surface area contributed by atoms with E-state index in [0.29, 0.717) is 25.7 Å². The molecule has 5 nitrogen and oxygen atoms in total. The Morgan fingerprint density at radius 1 is 1.33 bits per heavy atom. The molecule has 1 unspecified atom stereocenters. The minimum Gasteiger partial charge on any atom is -0.385 e. The Labute approximate surface area is 129 Å². The highest BCUT2D eigenvalue weighted by molar-refractivity contribution is 5.81. The molecule has 1 atom stereocenters. The average Bonchev–Trinajstić information content (AvgIpc) is 2.52. The Kier molecular flexibility index (Phi) is 9.63. The van der Waals surface area contributed by atoms with Crippen LogP contribution in [0.15, 0.2) is 0 Å². The van der Waals surface area contributed by atoms with E-state index in [1.807, 2.05) is 6.92 Å². The van der Waals surface area contributed by atoms with Gasteiger partial charge in [0.15, 0.2) is 0 Å². The Morgan fingerprint density at radius 3 is 2.67 bits per heavy atom. The fourth-order valence-electron chi connectivity index (χ4n) is 3.11. The second kappa shape index (κ2) is 11.0. The van der Waals surface area contributed by atoms with Gasteiger partial charge in [-0.05, 0) is 39.2 Å². The van der Waals surface area contributed by atoms with E-state index in [0.717, 1.165) is 19.4 Å². The van der Waals surface area contributed by atoms with Gasteiger partial charge in [0, 0.05) is 32.8 Å². The minimum absolute atomic E-state index is 0.0674. The summed E-state index contributed by atoms with van der Waals surface area (Å²) in [5.74, 6) is 0.133. The number of ether oxygens (including phenoxy) is 1. The molecular weight excluding hydrogens is 266 g/mol. The van der Waals surface area contributed by atoms with Crippen molar-refractivity contribution in [1.29, 1.82) is 0 Å². The molecule has 0 spiro atoms. The molecular formula is C16H33N3O2. The zero-order chi connectivity index (χ0) is 15.5. The lowest BCUT2D eigenvalue weighted by Crippen LogP contribution is -2.51. The van der Waals surface area contributed by atoms with Gasteiger partial charge in [0.05, 0.1) is 6.04 Å². The lowest BCUT2D eigenvalue weighted by Gasteiger charge is -2.38. The molecule has 0 aromatic heterocycles. The van der Waals surface area contributed by atoms with Crippen LogP contribution in [0.5, 0.6) is 0 Å². The van der Waals surface area contributed by atoms with Crippen LogP contribution < -0.4 is 11.1 Å². The van der Waals surface area contributed by atoms with Crippen LogP contribution >= 0.6 is 0 Å². The minimum atomic E-state index is -0.0674. The molecule has 0 heterocycles. The van der Waals surface area contributed by atoms with Gasteiger partial charge in [0.25, 0.3) is 0 Å². The first-order valence-corrected chi connectivity index (χ1v) is 8.43. The van der Waals surface area contributed by atoms with Crippen molar-refractivity contribution in [3.05, 3.63) is 0 Å². The number of nitrogens with zero attached hydrogens (tertiary/aromatic N) is 1. The predicted octanol–water partition coefficient (Wildman–Crippen LogP) is 1.51. The number of hydrogen-bond donors (Lipinski definition) is 2. The predicted molar refractivity (Wildman–Crippen MR) is 86.2 cm³/mol. The lowest BCUT2D eigenvalue weighted by molar-refractivity contribution is -0.127. The molecule has 3 N–H and O–H groups in total. The molecule has 0 bridgehead atoms. The fraction of sp³-hybridized carbons (Fsp3) is 0.938. The molecule has 0 saturated heterocycles. The van der Waals surface area contributed by atoms with Crippen molar-refractivity contribution >= 4 is 5.91 Å². The van der Waals surface area contributed by atoms with Gasteiger partial charge in [-0.3, -0.25) is 9.69 Å². The van der Waals surface area contributed by atoms with Crippen LogP contribution in [0.1, 0.15) is 51.9 Å². The Morgan fingerprint density at radius 2 is 2.05 bits per heavy atom. The third-order valence-electron chi connectivity index (χ3n) is 4.37. The fourth-order valence-corrected chi connectivity index (χ4v) is 3.11. The van der Waals surface area contributed by atoms with Crippen molar-refractivity contribution in [2.24, 2.45) is 5.73 Å². The second-order valence-electron chi connectivity index (χ2n) is 5.99. The topological polar surface area (TPSA) is 67.6 Å². The normalized spacial score (nSPS) is 17.9. The Bertz CT molecular complexity index is 281. The third-order valence-corrected chi connectivity index (χ3v) is 4.37. The van der Waals surface area contributed by atoms with E-state index in [-0.39, 0.29) is 11.9 Å². The Balaban J connectivity index is 2.48. The number of nitrogens with two attached hydrogens (primary N) is 1. The lowest BCUT2D eigenvalue weighted by atomic mass is 9.93. The molecule has 1 fully saturated rings. The van der Waals surface area contributed by atoms with Crippen molar-refractivity contribution in [2.75, 3.05) is 33.4 Å². The molecule has 1 saturated carbocycles. The summed E-state index contributed by atoms with van der Waals surface area (Å²) in [4.78, 5) is 14.7. The number of rotatable bonds is 10. The maximum atomic E-state index is 12.3. The van der Waals surface area contributed by atoms with Gasteiger partial charge in [-0.15, -0.1) is 0 Å². The summed E-state index contributed by atoms with van der Waals surface area (Å²) in [6.07, 6.45) is 8.15. The summed E-state index contributed by atoms with van der Waals surface area (Å²) in [5.41, 5.74) is 5.66. The first-order valence-electron chi connectivity index (χ1n) is 8.43. The van der Waals surface area contributed by atoms with Gasteiger partial charge in [-0.2, -0.15) is 0 Å². The summed E-state index contributed by atoms with van der Waals surface area (Å²) in [5, 5.41) is 3.02. The molecule has 124 valence electrons. The van der Waals surface area contributed by atoms with Gasteiger partial charge in [-0.1, -0.05) is 19.3 Å². The van der Waals surface area contributed by atoms with Gasteiger partial charge >= 0.3 is 0 Å². The van der Waals surface area contributed by atoms with Crippen LogP contribution in [-0.2, 0) is 9.53 Å². The summed E-state index contributed by atoms with van der Waals surface area (Å²) >= 11 is 0. The molecule has 0 aromatic carbocycles. The standard InChI is InChI=1S/C16H33N3O2/c1-14(16(20)18-11-7-13-21-2)19(12-6-10-17)15-8-4-3-5-9-15/h14-15H,3-13,17H2,1-2H3,(H,18,20). The molecule has 1 aliphatic rings. The zero-order valence-corrected chi connectivity index (χ0v) is 13.8. The first kappa shape index (κ1) is 18.4. The SMILES string of the molecule is COCCCNC(=O)C(C)N(CCCN)C1CCCCC1. The maximum absolute atomic E-state index is 12.3. The highest BCUT2D eigenvalue weighted by Crippen LogP contribution is 2.24. The summed E-state index contributed by atoms with van der Waals surface area (Å²) in [6, 6.07) is 0.479. The summed E-state index contributed by atoms with van der Waals surface area (Å²) in [7, 11) is 1.68. The van der Waals surface area contributed by atoms with Crippen molar-refractivity contribution in [2.45, 2.75) is 64.0 Å². The van der Waals surface area contributed by atoms with Crippen LogP contribution in [0.25, 0.3) is 0 Å². The number of carbonyl (C=O) groups is 1. The van der Waals surface area contributed by atoms with E-state index < -0.39 is 0 Å². The van der Waals surface area contributed by atoms with Crippen molar-refractivity contribution in [3.63, 3.8) is 0 Å². The average molecular weight is 299 g/mol. The van der Waals surface area contributed by atoms with Gasteiger partial charge in [0.1, 0.15) is 0 Å². The maximum Gasteiger partial charge on any atom is 0.237 e. The highest BCUT2D eigenvalue weighted by atomic mass is 16.5. The number of methoxy groups -OCH3 is 1. The van der Waals surface area contributed by atoms with Gasteiger partial charge in [0.2, 0.25) is 5.91 Å². The van der Waals surface area contributed by atoms with E-state index in [9.17, 15) is 4.79 Å². The molecule has 0 radical (unpaired) electrons. The molecule has 21 heavy (non-hydrogen) atoms. The molecule has 0 aliphatic heterocycles. The first-order chi connectivity index (χ1) is 10.2. The number of hydrogen-bond acceptors (Lipinski definition) is 4.